The quantitative estimate of drug-likeness (QED) is 0.913. The number of hydrogen-bond donors (Lipinski definition) is 1. The van der Waals surface area contributed by atoms with E-state index < -0.39 is 0 Å². The molecule has 2 rings (SSSR count). The van der Waals surface area contributed by atoms with Gasteiger partial charge in [-0.25, -0.2) is 0 Å². The molecule has 1 amide bonds. The number of carbonyl (C=O) groups is 1. The summed E-state index contributed by atoms with van der Waals surface area (Å²) >= 11 is 5.94. The molecule has 1 heterocycles. The van der Waals surface area contributed by atoms with Gasteiger partial charge in [0.25, 0.3) is 5.91 Å². The predicted octanol–water partition coefficient (Wildman–Crippen LogP) is 3.15. The average Bonchev–Trinajstić information content (AvgIpc) is 2.67. The molecule has 0 aliphatic heterocycles. The van der Waals surface area contributed by atoms with Crippen molar-refractivity contribution in [1.29, 1.82) is 0 Å². The Bertz CT molecular complexity index is 468. The molecule has 0 atom stereocenters. The van der Waals surface area contributed by atoms with Gasteiger partial charge in [-0.15, -0.1) is 0 Å². The van der Waals surface area contributed by atoms with Crippen LogP contribution < -0.4 is 5.32 Å². The zero-order chi connectivity index (χ0) is 13.6. The van der Waals surface area contributed by atoms with E-state index in [9.17, 15) is 4.79 Å². The van der Waals surface area contributed by atoms with Gasteiger partial charge in [0.15, 0.2) is 0 Å². The third-order valence-corrected chi connectivity index (χ3v) is 5.10. The Hall–Kier alpha value is -1.09. The van der Waals surface area contributed by atoms with Gasteiger partial charge >= 0.3 is 0 Å². The highest BCUT2D eigenvalue weighted by atomic mass is 35.5. The van der Waals surface area contributed by atoms with E-state index in [0.29, 0.717) is 23.0 Å². The van der Waals surface area contributed by atoms with Crippen molar-refractivity contribution in [2.24, 2.45) is 16.7 Å². The zero-order valence-electron chi connectivity index (χ0n) is 11.2. The maximum atomic E-state index is 12.0. The highest BCUT2D eigenvalue weighted by Gasteiger charge is 2.64. The van der Waals surface area contributed by atoms with Gasteiger partial charge in [0.1, 0.15) is 0 Å². The summed E-state index contributed by atoms with van der Waals surface area (Å²) in [4.78, 5) is 15.9. The second kappa shape index (κ2) is 4.23. The lowest BCUT2D eigenvalue weighted by Gasteiger charge is -2.07. The van der Waals surface area contributed by atoms with Gasteiger partial charge in [0.05, 0.1) is 10.6 Å². The zero-order valence-corrected chi connectivity index (χ0v) is 12.0. The van der Waals surface area contributed by atoms with E-state index >= 15 is 0 Å². The molecule has 18 heavy (non-hydrogen) atoms. The summed E-state index contributed by atoms with van der Waals surface area (Å²) < 4.78 is 0. The van der Waals surface area contributed by atoms with Crippen LogP contribution in [0.15, 0.2) is 18.5 Å². The fourth-order valence-corrected chi connectivity index (χ4v) is 2.90. The molecule has 1 aliphatic rings. The molecule has 1 aromatic rings. The predicted molar refractivity (Wildman–Crippen MR) is 72.6 cm³/mol. The standard InChI is InChI=1S/C14H19ClN2O/c1-13(2)11(14(13,3)4)8-17-12(18)9-5-6-16-7-10(9)15/h5-7,11H,8H2,1-4H3,(H,17,18). The molecule has 1 fully saturated rings. The number of rotatable bonds is 3. The molecule has 1 aliphatic carbocycles. The van der Waals surface area contributed by atoms with Crippen molar-refractivity contribution in [2.45, 2.75) is 27.7 Å². The number of carbonyl (C=O) groups excluding carboxylic acids is 1. The van der Waals surface area contributed by atoms with Crippen LogP contribution in [-0.2, 0) is 0 Å². The molecule has 0 unspecified atom stereocenters. The first kappa shape index (κ1) is 13.3. The summed E-state index contributed by atoms with van der Waals surface area (Å²) in [5.41, 5.74) is 1.05. The number of hydrogen-bond acceptors (Lipinski definition) is 2. The third-order valence-electron chi connectivity index (χ3n) is 4.80. The first-order valence-corrected chi connectivity index (χ1v) is 6.54. The lowest BCUT2D eigenvalue weighted by Crippen LogP contribution is -2.27. The second-order valence-corrected chi connectivity index (χ2v) is 6.47. The molecule has 3 nitrogen and oxygen atoms in total. The van der Waals surface area contributed by atoms with E-state index in [-0.39, 0.29) is 16.7 Å². The van der Waals surface area contributed by atoms with Gasteiger partial charge in [-0.05, 0) is 22.8 Å². The average molecular weight is 267 g/mol. The minimum atomic E-state index is -0.124. The summed E-state index contributed by atoms with van der Waals surface area (Å²) in [7, 11) is 0. The van der Waals surface area contributed by atoms with E-state index in [1.54, 1.807) is 12.3 Å². The van der Waals surface area contributed by atoms with Crippen molar-refractivity contribution in [3.63, 3.8) is 0 Å². The summed E-state index contributed by atoms with van der Waals surface area (Å²) in [6, 6.07) is 1.64. The van der Waals surface area contributed by atoms with Crippen molar-refractivity contribution in [1.82, 2.24) is 10.3 Å². The lowest BCUT2D eigenvalue weighted by atomic mass is 10.0. The van der Waals surface area contributed by atoms with Crippen LogP contribution in [0.3, 0.4) is 0 Å². The number of halogens is 1. The molecule has 1 saturated carbocycles. The Morgan fingerprint density at radius 2 is 2.00 bits per heavy atom. The monoisotopic (exact) mass is 266 g/mol. The van der Waals surface area contributed by atoms with Crippen molar-refractivity contribution in [3.05, 3.63) is 29.0 Å². The van der Waals surface area contributed by atoms with Gasteiger partial charge in [-0.1, -0.05) is 39.3 Å². The Labute approximate surface area is 113 Å². The molecular weight excluding hydrogens is 248 g/mol. The summed E-state index contributed by atoms with van der Waals surface area (Å²) in [6.45, 7) is 9.65. The van der Waals surface area contributed by atoms with E-state index in [1.165, 1.54) is 6.20 Å². The summed E-state index contributed by atoms with van der Waals surface area (Å²) in [5.74, 6) is 0.385. The van der Waals surface area contributed by atoms with Gasteiger partial charge < -0.3 is 5.32 Å². The van der Waals surface area contributed by atoms with Gasteiger partial charge in [0, 0.05) is 18.9 Å². The molecule has 0 spiro atoms. The summed E-state index contributed by atoms with van der Waals surface area (Å²) in [5, 5.41) is 3.35. The smallest absolute Gasteiger partial charge is 0.252 e. The largest absolute Gasteiger partial charge is 0.352 e. The van der Waals surface area contributed by atoms with Crippen LogP contribution in [0, 0.1) is 16.7 Å². The lowest BCUT2D eigenvalue weighted by molar-refractivity contribution is 0.0950. The second-order valence-electron chi connectivity index (χ2n) is 6.06. The van der Waals surface area contributed by atoms with Crippen LogP contribution in [-0.4, -0.2) is 17.4 Å². The molecular formula is C14H19ClN2O. The molecule has 0 radical (unpaired) electrons. The number of pyridine rings is 1. The van der Waals surface area contributed by atoms with Crippen LogP contribution in [0.4, 0.5) is 0 Å². The Morgan fingerprint density at radius 3 is 2.50 bits per heavy atom. The number of nitrogens with zero attached hydrogens (tertiary/aromatic N) is 1. The number of aromatic nitrogens is 1. The van der Waals surface area contributed by atoms with Gasteiger partial charge in [0.2, 0.25) is 0 Å². The minimum Gasteiger partial charge on any atom is -0.352 e. The van der Waals surface area contributed by atoms with E-state index in [1.807, 2.05) is 0 Å². The van der Waals surface area contributed by atoms with E-state index in [4.69, 9.17) is 11.6 Å². The molecule has 0 aromatic carbocycles. The first-order chi connectivity index (χ1) is 8.28. The van der Waals surface area contributed by atoms with Crippen LogP contribution in [0.1, 0.15) is 38.1 Å². The fraction of sp³-hybridized carbons (Fsp3) is 0.571. The molecule has 1 aromatic heterocycles. The fourth-order valence-electron chi connectivity index (χ4n) is 2.69. The van der Waals surface area contributed by atoms with E-state index in [2.05, 4.69) is 38.0 Å². The maximum Gasteiger partial charge on any atom is 0.252 e. The van der Waals surface area contributed by atoms with Crippen molar-refractivity contribution >= 4 is 17.5 Å². The molecule has 1 N–H and O–H groups in total. The highest BCUT2D eigenvalue weighted by molar-refractivity contribution is 6.33. The van der Waals surface area contributed by atoms with Crippen LogP contribution in [0.2, 0.25) is 5.02 Å². The van der Waals surface area contributed by atoms with Crippen LogP contribution in [0.25, 0.3) is 0 Å². The Morgan fingerprint density at radius 1 is 1.39 bits per heavy atom. The Balaban J connectivity index is 1.97. The normalized spacial score (nSPS) is 20.5. The first-order valence-electron chi connectivity index (χ1n) is 6.16. The maximum absolute atomic E-state index is 12.0. The van der Waals surface area contributed by atoms with Crippen LogP contribution in [0.5, 0.6) is 0 Å². The molecule has 98 valence electrons. The molecule has 4 heteroatoms. The van der Waals surface area contributed by atoms with Gasteiger partial charge in [-0.2, -0.15) is 0 Å². The van der Waals surface area contributed by atoms with Crippen molar-refractivity contribution in [2.75, 3.05) is 6.54 Å². The molecule has 0 saturated heterocycles. The molecule has 0 bridgehead atoms. The topological polar surface area (TPSA) is 42.0 Å². The summed E-state index contributed by atoms with van der Waals surface area (Å²) in [6.07, 6.45) is 3.06. The third kappa shape index (κ3) is 2.01. The van der Waals surface area contributed by atoms with Crippen molar-refractivity contribution in [3.8, 4) is 0 Å². The van der Waals surface area contributed by atoms with Crippen molar-refractivity contribution < 1.29 is 4.79 Å². The highest BCUT2D eigenvalue weighted by Crippen LogP contribution is 2.67. The Kier molecular flexibility index (Phi) is 3.14. The SMILES string of the molecule is CC1(C)C(CNC(=O)c2ccncc2Cl)C1(C)C. The number of nitrogens with one attached hydrogen (secondary N) is 1. The van der Waals surface area contributed by atoms with E-state index in [0.717, 1.165) is 0 Å². The number of amides is 1. The van der Waals surface area contributed by atoms with Crippen LogP contribution >= 0.6 is 11.6 Å². The van der Waals surface area contributed by atoms with Gasteiger partial charge in [-0.3, -0.25) is 9.78 Å². The minimum absolute atomic E-state index is 0.124.